The Kier molecular flexibility index (Phi) is 4.75. The molecule has 2 N–H and O–H groups in total. The maximum absolute atomic E-state index is 12.3. The van der Waals surface area contributed by atoms with E-state index in [4.69, 9.17) is 8.83 Å². The lowest BCUT2D eigenvalue weighted by molar-refractivity contribution is -0.383. The van der Waals surface area contributed by atoms with Gasteiger partial charge in [-0.3, -0.25) is 19.7 Å². The van der Waals surface area contributed by atoms with Gasteiger partial charge in [0.05, 0.1) is 28.6 Å². The van der Waals surface area contributed by atoms with E-state index in [0.717, 1.165) is 0 Å². The van der Waals surface area contributed by atoms with Crippen LogP contribution in [0.2, 0.25) is 0 Å². The van der Waals surface area contributed by atoms with Crippen molar-refractivity contribution in [1.82, 2.24) is 0 Å². The van der Waals surface area contributed by atoms with E-state index in [1.807, 2.05) is 0 Å². The minimum absolute atomic E-state index is 0.0488. The van der Waals surface area contributed by atoms with Crippen LogP contribution in [0.3, 0.4) is 0 Å². The number of anilines is 2. The molecule has 0 bridgehead atoms. The summed E-state index contributed by atoms with van der Waals surface area (Å²) in [6, 6.07) is 6.88. The van der Waals surface area contributed by atoms with Gasteiger partial charge in [-0.05, 0) is 38.1 Å². The van der Waals surface area contributed by atoms with Gasteiger partial charge in [-0.15, -0.1) is 0 Å². The van der Waals surface area contributed by atoms with E-state index >= 15 is 0 Å². The molecule has 0 aliphatic rings. The summed E-state index contributed by atoms with van der Waals surface area (Å²) in [4.78, 5) is 35.3. The highest BCUT2D eigenvalue weighted by atomic mass is 16.6. The number of benzene rings is 1. The van der Waals surface area contributed by atoms with Gasteiger partial charge in [0.15, 0.2) is 0 Å². The largest absolute Gasteiger partial charge is 0.469 e. The molecule has 0 atom stereocenters. The third kappa shape index (κ3) is 3.71. The van der Waals surface area contributed by atoms with Crippen LogP contribution in [0.15, 0.2) is 51.7 Å². The van der Waals surface area contributed by atoms with E-state index < -0.39 is 16.7 Å². The normalized spacial score (nSPS) is 10.4. The highest BCUT2D eigenvalue weighted by Crippen LogP contribution is 2.29. The van der Waals surface area contributed by atoms with Crippen LogP contribution in [0.25, 0.3) is 0 Å². The van der Waals surface area contributed by atoms with Gasteiger partial charge in [-0.1, -0.05) is 0 Å². The second kappa shape index (κ2) is 7.16. The molecule has 0 unspecified atom stereocenters. The third-order valence-corrected chi connectivity index (χ3v) is 3.91. The molecule has 0 saturated carbocycles. The zero-order chi connectivity index (χ0) is 19.6. The summed E-state index contributed by atoms with van der Waals surface area (Å²) in [5, 5.41) is 16.4. The summed E-state index contributed by atoms with van der Waals surface area (Å²) in [5.41, 5.74) is 0.528. The van der Waals surface area contributed by atoms with Crippen molar-refractivity contribution in [3.05, 3.63) is 75.6 Å². The first-order chi connectivity index (χ1) is 12.9. The lowest BCUT2D eigenvalue weighted by Gasteiger charge is -2.09. The van der Waals surface area contributed by atoms with Gasteiger partial charge in [-0.25, -0.2) is 0 Å². The Bertz CT molecular complexity index is 1030. The van der Waals surface area contributed by atoms with Gasteiger partial charge in [0.25, 0.3) is 17.5 Å². The fraction of sp³-hybridized carbons (Fsp3) is 0.111. The Morgan fingerprint density at radius 1 is 0.926 bits per heavy atom. The second-order valence-electron chi connectivity index (χ2n) is 5.68. The summed E-state index contributed by atoms with van der Waals surface area (Å²) in [7, 11) is 0. The molecule has 9 heteroatoms. The van der Waals surface area contributed by atoms with Crippen LogP contribution in [0.5, 0.6) is 0 Å². The molecule has 0 radical (unpaired) electrons. The van der Waals surface area contributed by atoms with Crippen molar-refractivity contribution in [2.75, 3.05) is 10.6 Å². The Labute approximate surface area is 153 Å². The Morgan fingerprint density at radius 2 is 1.48 bits per heavy atom. The molecular weight excluding hydrogens is 354 g/mol. The molecule has 138 valence electrons. The quantitative estimate of drug-likeness (QED) is 0.518. The van der Waals surface area contributed by atoms with Crippen molar-refractivity contribution in [1.29, 1.82) is 0 Å². The summed E-state index contributed by atoms with van der Waals surface area (Å²) < 4.78 is 10.2. The van der Waals surface area contributed by atoms with E-state index in [-0.39, 0.29) is 22.6 Å². The van der Waals surface area contributed by atoms with Crippen LogP contribution < -0.4 is 10.6 Å². The zero-order valence-corrected chi connectivity index (χ0v) is 14.4. The maximum atomic E-state index is 12.3. The number of rotatable bonds is 5. The first kappa shape index (κ1) is 17.9. The molecule has 27 heavy (non-hydrogen) atoms. The Morgan fingerprint density at radius 3 is 1.96 bits per heavy atom. The van der Waals surface area contributed by atoms with E-state index in [9.17, 15) is 19.7 Å². The van der Waals surface area contributed by atoms with Gasteiger partial charge < -0.3 is 19.5 Å². The molecule has 0 saturated heterocycles. The van der Waals surface area contributed by atoms with Crippen LogP contribution in [0.4, 0.5) is 17.1 Å². The molecule has 2 aromatic heterocycles. The van der Waals surface area contributed by atoms with Crippen LogP contribution >= 0.6 is 0 Å². The SMILES string of the molecule is Cc1occc1C(=O)Nc1ccc([N+](=O)[O-])c(NC(=O)c2ccoc2C)c1. The van der Waals surface area contributed by atoms with Crippen molar-refractivity contribution in [3.63, 3.8) is 0 Å². The fourth-order valence-corrected chi connectivity index (χ4v) is 2.50. The summed E-state index contributed by atoms with van der Waals surface area (Å²) in [6.45, 7) is 3.25. The number of nitrogens with zero attached hydrogens (tertiary/aromatic N) is 1. The van der Waals surface area contributed by atoms with E-state index in [1.165, 1.54) is 42.9 Å². The molecule has 2 heterocycles. The zero-order valence-electron chi connectivity index (χ0n) is 14.4. The monoisotopic (exact) mass is 369 g/mol. The Balaban J connectivity index is 1.88. The van der Waals surface area contributed by atoms with Crippen molar-refractivity contribution in [2.45, 2.75) is 13.8 Å². The number of nitro benzene ring substituents is 1. The van der Waals surface area contributed by atoms with Crippen molar-refractivity contribution >= 4 is 28.9 Å². The molecule has 1 aromatic carbocycles. The molecule has 3 rings (SSSR count). The predicted octanol–water partition coefficient (Wildman–Crippen LogP) is 3.90. The highest BCUT2D eigenvalue weighted by Gasteiger charge is 2.20. The lowest BCUT2D eigenvalue weighted by atomic mass is 10.2. The van der Waals surface area contributed by atoms with Gasteiger partial charge >= 0.3 is 0 Å². The highest BCUT2D eigenvalue weighted by molar-refractivity contribution is 6.08. The van der Waals surface area contributed by atoms with Gasteiger partial charge in [-0.2, -0.15) is 0 Å². The Hall–Kier alpha value is -3.88. The van der Waals surface area contributed by atoms with Crippen LogP contribution in [-0.4, -0.2) is 16.7 Å². The molecule has 0 fully saturated rings. The average Bonchev–Trinajstić information content (AvgIpc) is 3.23. The number of aryl methyl sites for hydroxylation is 2. The number of hydrogen-bond donors (Lipinski definition) is 2. The number of furan rings is 2. The first-order valence-corrected chi connectivity index (χ1v) is 7.86. The molecule has 0 aliphatic carbocycles. The topological polar surface area (TPSA) is 128 Å². The minimum Gasteiger partial charge on any atom is -0.469 e. The number of carbonyl (C=O) groups is 2. The first-order valence-electron chi connectivity index (χ1n) is 7.86. The summed E-state index contributed by atoms with van der Waals surface area (Å²) >= 11 is 0. The number of hydrogen-bond acceptors (Lipinski definition) is 6. The standard InChI is InChI=1S/C18H15N3O6/c1-10-13(5-7-26-10)17(22)19-12-3-4-16(21(24)25)15(9-12)20-18(23)14-6-8-27-11(14)2/h3-9H,1-2H3,(H,19,22)(H,20,23). The second-order valence-corrected chi connectivity index (χ2v) is 5.68. The molecular formula is C18H15N3O6. The third-order valence-electron chi connectivity index (χ3n) is 3.91. The van der Waals surface area contributed by atoms with Crippen molar-refractivity contribution in [3.8, 4) is 0 Å². The van der Waals surface area contributed by atoms with E-state index in [0.29, 0.717) is 17.1 Å². The van der Waals surface area contributed by atoms with E-state index in [1.54, 1.807) is 13.8 Å². The molecule has 2 amide bonds. The van der Waals surface area contributed by atoms with Crippen LogP contribution in [-0.2, 0) is 0 Å². The molecule has 9 nitrogen and oxygen atoms in total. The molecule has 0 spiro atoms. The van der Waals surface area contributed by atoms with Crippen LogP contribution in [0, 0.1) is 24.0 Å². The van der Waals surface area contributed by atoms with Gasteiger partial charge in [0.2, 0.25) is 0 Å². The summed E-state index contributed by atoms with van der Waals surface area (Å²) in [6.07, 6.45) is 2.74. The number of carbonyl (C=O) groups excluding carboxylic acids is 2. The molecule has 3 aromatic rings. The maximum Gasteiger partial charge on any atom is 0.292 e. The molecule has 0 aliphatic heterocycles. The van der Waals surface area contributed by atoms with Gasteiger partial charge in [0.1, 0.15) is 17.2 Å². The van der Waals surface area contributed by atoms with E-state index in [2.05, 4.69) is 10.6 Å². The van der Waals surface area contributed by atoms with Gasteiger partial charge in [0, 0.05) is 11.8 Å². The number of amides is 2. The smallest absolute Gasteiger partial charge is 0.292 e. The summed E-state index contributed by atoms with van der Waals surface area (Å²) in [5.74, 6) is -0.162. The number of nitro groups is 1. The predicted molar refractivity (Wildman–Crippen MR) is 95.9 cm³/mol. The number of nitrogens with one attached hydrogen (secondary N) is 2. The van der Waals surface area contributed by atoms with Crippen LogP contribution in [0.1, 0.15) is 32.2 Å². The van der Waals surface area contributed by atoms with Crippen molar-refractivity contribution in [2.24, 2.45) is 0 Å². The fourth-order valence-electron chi connectivity index (χ4n) is 2.50. The van der Waals surface area contributed by atoms with Crippen molar-refractivity contribution < 1.29 is 23.3 Å². The average molecular weight is 369 g/mol. The minimum atomic E-state index is -0.621. The lowest BCUT2D eigenvalue weighted by Crippen LogP contribution is -2.15.